The molecule has 118 valence electrons. The van der Waals surface area contributed by atoms with Crippen molar-refractivity contribution in [2.75, 3.05) is 6.26 Å². The van der Waals surface area contributed by atoms with Crippen molar-refractivity contribution in [2.45, 2.75) is 30.1 Å². The minimum atomic E-state index is -4.28. The lowest BCUT2D eigenvalue weighted by Crippen LogP contribution is -2.28. The second kappa shape index (κ2) is 6.54. The Bertz CT molecular complexity index is 722. The molecule has 1 N–H and O–H groups in total. The lowest BCUT2D eigenvalue weighted by molar-refractivity contribution is -0.148. The number of sulfone groups is 1. The molecule has 0 aliphatic rings. The van der Waals surface area contributed by atoms with E-state index in [2.05, 4.69) is 4.84 Å². The molecule has 0 unspecified atom stereocenters. The molecule has 0 fully saturated rings. The summed E-state index contributed by atoms with van der Waals surface area (Å²) in [5.74, 6) is -0.740. The van der Waals surface area contributed by atoms with Gasteiger partial charge in [0.25, 0.3) is 10.0 Å². The first-order valence-electron chi connectivity index (χ1n) is 6.04. The molecular formula is C12H17NO6S2. The van der Waals surface area contributed by atoms with Crippen molar-refractivity contribution in [2.24, 2.45) is 5.92 Å². The zero-order chi connectivity index (χ0) is 16.3. The van der Waals surface area contributed by atoms with Crippen molar-refractivity contribution in [3.8, 4) is 0 Å². The topological polar surface area (TPSA) is 107 Å². The first-order valence-corrected chi connectivity index (χ1v) is 9.42. The zero-order valence-electron chi connectivity index (χ0n) is 11.9. The summed E-state index contributed by atoms with van der Waals surface area (Å²) in [6.07, 6.45) is 0.933. The van der Waals surface area contributed by atoms with Gasteiger partial charge in [0.1, 0.15) is 4.90 Å². The summed E-state index contributed by atoms with van der Waals surface area (Å²) in [5, 5.41) is 0. The lowest BCUT2D eigenvalue weighted by atomic mass is 10.1. The molecule has 0 saturated heterocycles. The molecule has 0 spiro atoms. The minimum absolute atomic E-state index is 0.00492. The maximum Gasteiger partial charge on any atom is 0.326 e. The van der Waals surface area contributed by atoms with Gasteiger partial charge in [0.05, 0.1) is 4.90 Å². The van der Waals surface area contributed by atoms with Gasteiger partial charge in [0, 0.05) is 12.7 Å². The number of hydrogen-bond donors (Lipinski definition) is 1. The molecule has 1 aromatic carbocycles. The molecule has 0 bridgehead atoms. The molecule has 0 heterocycles. The Balaban J connectivity index is 3.03. The number of carbonyl (C=O) groups excluding carboxylic acids is 1. The average molecular weight is 335 g/mol. The second-order valence-corrected chi connectivity index (χ2v) is 8.48. The SMILES string of the molecule is CC(C)CC(=O)ONS(=O)(=O)c1ccccc1S(C)(=O)=O. The average Bonchev–Trinajstić information content (AvgIpc) is 2.35. The highest BCUT2D eigenvalue weighted by Gasteiger charge is 2.24. The molecule has 9 heteroatoms. The summed E-state index contributed by atoms with van der Waals surface area (Å²) in [4.78, 5) is 16.6. The fraction of sp³-hybridized carbons (Fsp3) is 0.417. The molecule has 0 atom stereocenters. The van der Waals surface area contributed by atoms with Crippen LogP contribution in [-0.4, -0.2) is 29.1 Å². The third-order valence-corrected chi connectivity index (χ3v) is 4.90. The van der Waals surface area contributed by atoms with E-state index in [1.165, 1.54) is 18.2 Å². The van der Waals surface area contributed by atoms with Gasteiger partial charge in [-0.25, -0.2) is 16.8 Å². The van der Waals surface area contributed by atoms with Crippen molar-refractivity contribution < 1.29 is 26.5 Å². The summed E-state index contributed by atoms with van der Waals surface area (Å²) >= 11 is 0. The molecular weight excluding hydrogens is 318 g/mol. The number of sulfonamides is 1. The van der Waals surface area contributed by atoms with E-state index in [9.17, 15) is 21.6 Å². The van der Waals surface area contributed by atoms with E-state index >= 15 is 0 Å². The molecule has 7 nitrogen and oxygen atoms in total. The van der Waals surface area contributed by atoms with Crippen molar-refractivity contribution >= 4 is 25.8 Å². The summed E-state index contributed by atoms with van der Waals surface area (Å²) in [7, 11) is -8.01. The molecule has 1 rings (SSSR count). The molecule has 1 aromatic rings. The van der Waals surface area contributed by atoms with Gasteiger partial charge in [-0.05, 0) is 22.9 Å². The largest absolute Gasteiger partial charge is 0.356 e. The van der Waals surface area contributed by atoms with Gasteiger partial charge in [-0.15, -0.1) is 0 Å². The number of nitrogens with one attached hydrogen (secondary N) is 1. The Kier molecular flexibility index (Phi) is 5.48. The summed E-state index contributed by atoms with van der Waals surface area (Å²) in [6, 6.07) is 5.06. The predicted molar refractivity (Wildman–Crippen MR) is 75.4 cm³/mol. The van der Waals surface area contributed by atoms with Gasteiger partial charge in [-0.3, -0.25) is 4.79 Å². The third kappa shape index (κ3) is 5.10. The standard InChI is InChI=1S/C12H17NO6S2/c1-9(2)8-12(14)19-13-21(17,18)11-7-5-4-6-10(11)20(3,15)16/h4-7,9,13H,8H2,1-3H3. The van der Waals surface area contributed by atoms with E-state index in [0.29, 0.717) is 0 Å². The number of carbonyl (C=O) groups is 1. The van der Waals surface area contributed by atoms with E-state index in [-0.39, 0.29) is 17.2 Å². The van der Waals surface area contributed by atoms with E-state index in [1.807, 2.05) is 0 Å². The van der Waals surface area contributed by atoms with Crippen LogP contribution in [0.25, 0.3) is 0 Å². The van der Waals surface area contributed by atoms with E-state index < -0.39 is 30.7 Å². The van der Waals surface area contributed by atoms with Crippen LogP contribution in [0, 0.1) is 5.92 Å². The van der Waals surface area contributed by atoms with Crippen LogP contribution in [0.4, 0.5) is 0 Å². The molecule has 0 aliphatic carbocycles. The van der Waals surface area contributed by atoms with Crippen LogP contribution in [0.5, 0.6) is 0 Å². The normalized spacial score (nSPS) is 12.4. The Morgan fingerprint density at radius 3 is 2.14 bits per heavy atom. The summed E-state index contributed by atoms with van der Waals surface area (Å²) in [6.45, 7) is 3.55. The molecule has 0 radical (unpaired) electrons. The molecule has 21 heavy (non-hydrogen) atoms. The summed E-state index contributed by atoms with van der Waals surface area (Å²) < 4.78 is 47.2. The van der Waals surface area contributed by atoms with Crippen molar-refractivity contribution in [1.82, 2.24) is 4.89 Å². The molecule has 0 saturated carbocycles. The Labute approximate surface area is 124 Å². The number of benzene rings is 1. The second-order valence-electron chi connectivity index (χ2n) is 4.88. The van der Waals surface area contributed by atoms with Crippen LogP contribution in [0.3, 0.4) is 0 Å². The van der Waals surface area contributed by atoms with E-state index in [1.54, 1.807) is 18.7 Å². The van der Waals surface area contributed by atoms with Crippen LogP contribution in [0.1, 0.15) is 20.3 Å². The maximum atomic E-state index is 12.0. The third-order valence-electron chi connectivity index (χ3n) is 2.38. The van der Waals surface area contributed by atoms with E-state index in [0.717, 1.165) is 12.3 Å². The maximum absolute atomic E-state index is 12.0. The van der Waals surface area contributed by atoms with Crippen LogP contribution < -0.4 is 4.89 Å². The highest BCUT2D eigenvalue weighted by molar-refractivity contribution is 7.93. The van der Waals surface area contributed by atoms with Crippen LogP contribution in [0.15, 0.2) is 34.1 Å². The van der Waals surface area contributed by atoms with Crippen LogP contribution in [-0.2, 0) is 29.5 Å². The monoisotopic (exact) mass is 335 g/mol. The van der Waals surface area contributed by atoms with Gasteiger partial charge in [0.2, 0.25) is 0 Å². The van der Waals surface area contributed by atoms with Crippen LogP contribution >= 0.6 is 0 Å². The van der Waals surface area contributed by atoms with Gasteiger partial charge in [0.15, 0.2) is 9.84 Å². The molecule has 0 aliphatic heterocycles. The number of hydrogen-bond acceptors (Lipinski definition) is 6. The first kappa shape index (κ1) is 17.6. The Hall–Kier alpha value is -1.45. The van der Waals surface area contributed by atoms with E-state index in [4.69, 9.17) is 0 Å². The van der Waals surface area contributed by atoms with Gasteiger partial charge < -0.3 is 4.84 Å². The van der Waals surface area contributed by atoms with Crippen molar-refractivity contribution in [3.63, 3.8) is 0 Å². The van der Waals surface area contributed by atoms with Gasteiger partial charge >= 0.3 is 5.97 Å². The highest BCUT2D eigenvalue weighted by Crippen LogP contribution is 2.20. The smallest absolute Gasteiger partial charge is 0.326 e. The lowest BCUT2D eigenvalue weighted by Gasteiger charge is -2.10. The minimum Gasteiger partial charge on any atom is -0.356 e. The fourth-order valence-electron chi connectivity index (χ4n) is 1.50. The van der Waals surface area contributed by atoms with Crippen molar-refractivity contribution in [1.29, 1.82) is 0 Å². The molecule has 0 amide bonds. The number of rotatable bonds is 6. The predicted octanol–water partition coefficient (Wildman–Crippen LogP) is 0.873. The fourth-order valence-corrected chi connectivity index (χ4v) is 3.93. The van der Waals surface area contributed by atoms with Crippen LogP contribution in [0.2, 0.25) is 0 Å². The zero-order valence-corrected chi connectivity index (χ0v) is 13.5. The quantitative estimate of drug-likeness (QED) is 0.773. The van der Waals surface area contributed by atoms with Crippen molar-refractivity contribution in [3.05, 3.63) is 24.3 Å². The Morgan fingerprint density at radius 2 is 1.67 bits per heavy atom. The Morgan fingerprint density at radius 1 is 1.14 bits per heavy atom. The highest BCUT2D eigenvalue weighted by atomic mass is 32.2. The first-order chi connectivity index (χ1) is 9.54. The van der Waals surface area contributed by atoms with Gasteiger partial charge in [-0.2, -0.15) is 0 Å². The molecule has 0 aromatic heterocycles. The van der Waals surface area contributed by atoms with Gasteiger partial charge in [-0.1, -0.05) is 26.0 Å². The summed E-state index contributed by atoms with van der Waals surface area (Å²) in [5.41, 5.74) is 0.